The molecular weight excluding hydrogens is 456 g/mol. The quantitative estimate of drug-likeness (QED) is 0.282. The van der Waals surface area contributed by atoms with Gasteiger partial charge in [0.15, 0.2) is 0 Å². The molecule has 2 aliphatic rings. The number of fused-ring (bicyclic) bond motifs is 2. The van der Waals surface area contributed by atoms with Crippen LogP contribution in [0.3, 0.4) is 0 Å². The molecule has 2 aromatic heterocycles. The molecule has 5 aromatic rings. The van der Waals surface area contributed by atoms with Crippen molar-refractivity contribution in [1.82, 2.24) is 20.3 Å². The standard InChI is InChI=1S/C32H28N4O/c37-32-27-16-23(10-11-25(27)18-34-32)24-12-15-29-30(17-24)36-31(35-29)26-13-14-28(33-19-26)22-8-6-21(7-9-22)20-4-2-1-3-5-20/h6-17,19-20H,1-5,18H2,(H,34,37)(H,35,36). The zero-order valence-electron chi connectivity index (χ0n) is 20.6. The minimum Gasteiger partial charge on any atom is -0.348 e. The van der Waals surface area contributed by atoms with Gasteiger partial charge in [0.25, 0.3) is 5.91 Å². The van der Waals surface area contributed by atoms with Crippen molar-refractivity contribution in [2.45, 2.75) is 44.6 Å². The van der Waals surface area contributed by atoms with E-state index in [4.69, 9.17) is 9.97 Å². The summed E-state index contributed by atoms with van der Waals surface area (Å²) in [5.74, 6) is 1.51. The lowest BCUT2D eigenvalue weighted by Crippen LogP contribution is -2.12. The Bertz CT molecular complexity index is 1610. The highest BCUT2D eigenvalue weighted by Gasteiger charge is 2.19. The van der Waals surface area contributed by atoms with Crippen LogP contribution in [-0.2, 0) is 6.54 Å². The molecule has 37 heavy (non-hydrogen) atoms. The minimum absolute atomic E-state index is 0.00198. The number of aromatic nitrogens is 3. The van der Waals surface area contributed by atoms with Crippen LogP contribution in [-0.4, -0.2) is 20.9 Å². The van der Waals surface area contributed by atoms with E-state index in [0.717, 1.165) is 55.9 Å². The largest absolute Gasteiger partial charge is 0.348 e. The molecular formula is C32H28N4O. The highest BCUT2D eigenvalue weighted by molar-refractivity contribution is 5.99. The number of rotatable bonds is 4. The number of nitrogens with one attached hydrogen (secondary N) is 2. The summed E-state index contributed by atoms with van der Waals surface area (Å²) in [4.78, 5) is 25.1. The highest BCUT2D eigenvalue weighted by atomic mass is 16.1. The molecule has 0 unspecified atom stereocenters. The van der Waals surface area contributed by atoms with Crippen LogP contribution in [0.1, 0.15) is 59.5 Å². The van der Waals surface area contributed by atoms with Gasteiger partial charge in [-0.3, -0.25) is 9.78 Å². The second-order valence-electron chi connectivity index (χ2n) is 10.3. The van der Waals surface area contributed by atoms with Gasteiger partial charge in [0.2, 0.25) is 0 Å². The van der Waals surface area contributed by atoms with E-state index < -0.39 is 0 Å². The fraction of sp³-hybridized carbons (Fsp3) is 0.219. The second-order valence-corrected chi connectivity index (χ2v) is 10.3. The van der Waals surface area contributed by atoms with Gasteiger partial charge in [-0.05, 0) is 71.3 Å². The van der Waals surface area contributed by atoms with Crippen molar-refractivity contribution >= 4 is 16.9 Å². The van der Waals surface area contributed by atoms with Crippen LogP contribution >= 0.6 is 0 Å². The van der Waals surface area contributed by atoms with E-state index >= 15 is 0 Å². The predicted octanol–water partition coefficient (Wildman–Crippen LogP) is 7.25. The van der Waals surface area contributed by atoms with E-state index in [9.17, 15) is 4.79 Å². The zero-order chi connectivity index (χ0) is 24.8. The van der Waals surface area contributed by atoms with Gasteiger partial charge in [-0.25, -0.2) is 4.98 Å². The number of pyridine rings is 1. The first kappa shape index (κ1) is 22.0. The first-order valence-electron chi connectivity index (χ1n) is 13.2. The van der Waals surface area contributed by atoms with Crippen molar-refractivity contribution < 1.29 is 4.79 Å². The molecule has 0 bridgehead atoms. The SMILES string of the molecule is O=C1NCc2ccc(-c3ccc4nc(-c5ccc(-c6ccc(C7CCCCC7)cc6)nc5)[nH]c4c3)cc21. The Morgan fingerprint density at radius 1 is 0.757 bits per heavy atom. The molecule has 0 radical (unpaired) electrons. The molecule has 5 nitrogen and oxygen atoms in total. The van der Waals surface area contributed by atoms with Crippen LogP contribution in [0, 0.1) is 0 Å². The van der Waals surface area contributed by atoms with Gasteiger partial charge in [0.05, 0.1) is 16.7 Å². The monoisotopic (exact) mass is 484 g/mol. The Morgan fingerprint density at radius 2 is 1.51 bits per heavy atom. The molecule has 3 heterocycles. The first-order valence-corrected chi connectivity index (χ1v) is 13.2. The lowest BCUT2D eigenvalue weighted by Gasteiger charge is -2.22. The number of H-pyrrole nitrogens is 1. The fourth-order valence-electron chi connectivity index (χ4n) is 5.78. The van der Waals surface area contributed by atoms with Crippen LogP contribution in [0.25, 0.3) is 44.8 Å². The van der Waals surface area contributed by atoms with Crippen molar-refractivity contribution in [1.29, 1.82) is 0 Å². The van der Waals surface area contributed by atoms with E-state index in [1.807, 2.05) is 24.4 Å². The third kappa shape index (κ3) is 4.10. The van der Waals surface area contributed by atoms with Crippen molar-refractivity contribution in [3.8, 4) is 33.8 Å². The zero-order valence-corrected chi connectivity index (χ0v) is 20.6. The number of hydrogen-bond acceptors (Lipinski definition) is 3. The van der Waals surface area contributed by atoms with Crippen LogP contribution in [0.5, 0.6) is 0 Å². The maximum absolute atomic E-state index is 12.1. The number of imidazole rings is 1. The van der Waals surface area contributed by atoms with Gasteiger partial charge < -0.3 is 10.3 Å². The summed E-state index contributed by atoms with van der Waals surface area (Å²) in [5.41, 5.74) is 10.3. The Morgan fingerprint density at radius 3 is 2.32 bits per heavy atom. The number of carbonyl (C=O) groups excluding carboxylic acids is 1. The number of hydrogen-bond donors (Lipinski definition) is 2. The van der Waals surface area contributed by atoms with Gasteiger partial charge in [0.1, 0.15) is 5.82 Å². The Balaban J connectivity index is 1.13. The van der Waals surface area contributed by atoms with Gasteiger partial charge >= 0.3 is 0 Å². The molecule has 1 amide bonds. The van der Waals surface area contributed by atoms with Gasteiger partial charge in [0, 0.05) is 29.4 Å². The van der Waals surface area contributed by atoms with Gasteiger partial charge in [-0.1, -0.05) is 61.7 Å². The lowest BCUT2D eigenvalue weighted by molar-refractivity contribution is 0.0966. The van der Waals surface area contributed by atoms with Crippen LogP contribution in [0.4, 0.5) is 0 Å². The van der Waals surface area contributed by atoms with E-state index in [0.29, 0.717) is 12.5 Å². The second kappa shape index (κ2) is 9.00. The number of amides is 1. The number of nitrogens with zero attached hydrogens (tertiary/aromatic N) is 2. The fourth-order valence-corrected chi connectivity index (χ4v) is 5.78. The molecule has 0 saturated heterocycles. The third-order valence-corrected chi connectivity index (χ3v) is 7.93. The average Bonchev–Trinajstić information content (AvgIpc) is 3.56. The summed E-state index contributed by atoms with van der Waals surface area (Å²) in [6.07, 6.45) is 8.61. The van der Waals surface area contributed by atoms with Crippen molar-refractivity contribution in [2.75, 3.05) is 0 Å². The lowest BCUT2D eigenvalue weighted by atomic mass is 9.84. The molecule has 5 heteroatoms. The number of aromatic amines is 1. The van der Waals surface area contributed by atoms with E-state index in [1.165, 1.54) is 37.7 Å². The maximum atomic E-state index is 12.1. The molecule has 1 fully saturated rings. The first-order chi connectivity index (χ1) is 18.2. The molecule has 0 atom stereocenters. The molecule has 182 valence electrons. The highest BCUT2D eigenvalue weighted by Crippen LogP contribution is 2.34. The molecule has 1 aliphatic carbocycles. The normalized spacial score (nSPS) is 15.6. The van der Waals surface area contributed by atoms with Crippen molar-refractivity contribution in [3.05, 3.63) is 95.7 Å². The predicted molar refractivity (Wildman–Crippen MR) is 147 cm³/mol. The maximum Gasteiger partial charge on any atom is 0.251 e. The smallest absolute Gasteiger partial charge is 0.251 e. The van der Waals surface area contributed by atoms with Crippen LogP contribution in [0.15, 0.2) is 79.0 Å². The summed E-state index contributed by atoms with van der Waals surface area (Å²) in [5, 5.41) is 2.88. The van der Waals surface area contributed by atoms with Crippen molar-refractivity contribution in [2.24, 2.45) is 0 Å². The summed E-state index contributed by atoms with van der Waals surface area (Å²) < 4.78 is 0. The van der Waals surface area contributed by atoms with E-state index in [2.05, 4.69) is 64.9 Å². The Kier molecular flexibility index (Phi) is 5.35. The molecule has 7 rings (SSSR count). The molecule has 1 saturated carbocycles. The van der Waals surface area contributed by atoms with Crippen LogP contribution in [0.2, 0.25) is 0 Å². The van der Waals surface area contributed by atoms with Crippen LogP contribution < -0.4 is 5.32 Å². The topological polar surface area (TPSA) is 70.7 Å². The van der Waals surface area contributed by atoms with E-state index in [1.54, 1.807) is 0 Å². The summed E-state index contributed by atoms with van der Waals surface area (Å²) in [7, 11) is 0. The van der Waals surface area contributed by atoms with Crippen molar-refractivity contribution in [3.63, 3.8) is 0 Å². The average molecular weight is 485 g/mol. The summed E-state index contributed by atoms with van der Waals surface area (Å²) >= 11 is 0. The third-order valence-electron chi connectivity index (χ3n) is 7.93. The van der Waals surface area contributed by atoms with Gasteiger partial charge in [-0.15, -0.1) is 0 Å². The summed E-state index contributed by atoms with van der Waals surface area (Å²) in [6, 6.07) is 25.4. The number of carbonyl (C=O) groups is 1. The Hall–Kier alpha value is -4.25. The molecule has 3 aromatic carbocycles. The number of benzene rings is 3. The van der Waals surface area contributed by atoms with E-state index in [-0.39, 0.29) is 5.91 Å². The molecule has 0 spiro atoms. The molecule has 2 N–H and O–H groups in total. The van der Waals surface area contributed by atoms with Gasteiger partial charge in [-0.2, -0.15) is 0 Å². The molecule has 1 aliphatic heterocycles. The minimum atomic E-state index is -0.00198. The Labute approximate surface area is 216 Å². The summed E-state index contributed by atoms with van der Waals surface area (Å²) in [6.45, 7) is 0.607.